The number of benzene rings is 1. The maximum absolute atomic E-state index is 12.3. The largest absolute Gasteiger partial charge is 0.416 e. The lowest BCUT2D eigenvalue weighted by atomic mass is 10.2. The molecule has 2 amide bonds. The Bertz CT molecular complexity index is 418. The number of amides is 2. The number of anilines is 1. The Kier molecular flexibility index (Phi) is 5.17. The summed E-state index contributed by atoms with van der Waals surface area (Å²) in [4.78, 5) is 13.0. The van der Waals surface area contributed by atoms with Crippen LogP contribution in [0.25, 0.3) is 0 Å². The van der Waals surface area contributed by atoms with Crippen molar-refractivity contribution in [3.8, 4) is 0 Å². The molecule has 0 atom stereocenters. The number of carbonyl (C=O) groups is 1. The summed E-state index contributed by atoms with van der Waals surface area (Å²) in [6.07, 6.45) is -4.38. The number of likely N-dealkylation sites (N-methyl/N-ethyl adjacent to an activating group) is 1. The molecule has 0 bridgehead atoms. The molecule has 1 aromatic rings. The number of methoxy groups -OCH3 is 1. The molecule has 0 aromatic heterocycles. The van der Waals surface area contributed by atoms with E-state index >= 15 is 0 Å². The van der Waals surface area contributed by atoms with E-state index in [1.54, 1.807) is 7.05 Å². The predicted octanol–water partition coefficient (Wildman–Crippen LogP) is 2.82. The van der Waals surface area contributed by atoms with Gasteiger partial charge in [-0.3, -0.25) is 0 Å². The summed E-state index contributed by atoms with van der Waals surface area (Å²) in [5.74, 6) is 0. The summed E-state index contributed by atoms with van der Waals surface area (Å²) in [5, 5.41) is 2.49. The minimum Gasteiger partial charge on any atom is -0.383 e. The molecule has 0 aliphatic carbocycles. The lowest BCUT2D eigenvalue weighted by Gasteiger charge is -2.17. The molecule has 0 heterocycles. The lowest BCUT2D eigenvalue weighted by Crippen LogP contribution is -2.33. The lowest BCUT2D eigenvalue weighted by molar-refractivity contribution is -0.137. The number of urea groups is 1. The van der Waals surface area contributed by atoms with Gasteiger partial charge in [-0.15, -0.1) is 0 Å². The van der Waals surface area contributed by atoms with Crippen LogP contribution in [0.2, 0.25) is 0 Å². The van der Waals surface area contributed by atoms with Gasteiger partial charge in [0.05, 0.1) is 12.2 Å². The highest BCUT2D eigenvalue weighted by atomic mass is 19.4. The van der Waals surface area contributed by atoms with Crippen LogP contribution in [0.5, 0.6) is 0 Å². The maximum atomic E-state index is 12.3. The van der Waals surface area contributed by atoms with Crippen molar-refractivity contribution in [1.29, 1.82) is 0 Å². The Labute approximate surface area is 109 Å². The SMILES string of the molecule is COCCN(C)C(=O)Nc1ccc(C(F)(F)F)cc1. The molecular formula is C12H15F3N2O2. The van der Waals surface area contributed by atoms with Crippen molar-refractivity contribution in [2.45, 2.75) is 6.18 Å². The molecule has 7 heteroatoms. The third-order valence-corrected chi connectivity index (χ3v) is 2.44. The summed E-state index contributed by atoms with van der Waals surface area (Å²) in [7, 11) is 3.08. The molecule has 4 nitrogen and oxygen atoms in total. The molecule has 1 N–H and O–H groups in total. The van der Waals surface area contributed by atoms with Gasteiger partial charge in [0.15, 0.2) is 0 Å². The zero-order valence-electron chi connectivity index (χ0n) is 10.6. The summed E-state index contributed by atoms with van der Waals surface area (Å²) >= 11 is 0. The minimum atomic E-state index is -4.38. The second-order valence-corrected chi connectivity index (χ2v) is 3.92. The van der Waals surface area contributed by atoms with Gasteiger partial charge in [0.2, 0.25) is 0 Å². The van der Waals surface area contributed by atoms with Gasteiger partial charge in [0.25, 0.3) is 0 Å². The fourth-order valence-corrected chi connectivity index (χ4v) is 1.29. The van der Waals surface area contributed by atoms with Crippen LogP contribution in [0.1, 0.15) is 5.56 Å². The van der Waals surface area contributed by atoms with Crippen LogP contribution in [0, 0.1) is 0 Å². The monoisotopic (exact) mass is 276 g/mol. The highest BCUT2D eigenvalue weighted by molar-refractivity contribution is 5.89. The average molecular weight is 276 g/mol. The molecule has 1 rings (SSSR count). The molecule has 1 aromatic carbocycles. The first-order chi connectivity index (χ1) is 8.84. The van der Waals surface area contributed by atoms with E-state index in [4.69, 9.17) is 4.74 Å². The molecule has 0 aliphatic heterocycles. The van der Waals surface area contributed by atoms with Crippen molar-refractivity contribution < 1.29 is 22.7 Å². The topological polar surface area (TPSA) is 41.6 Å². The van der Waals surface area contributed by atoms with Crippen LogP contribution in [0.3, 0.4) is 0 Å². The molecule has 19 heavy (non-hydrogen) atoms. The molecule has 0 saturated heterocycles. The van der Waals surface area contributed by atoms with Gasteiger partial charge in [0.1, 0.15) is 0 Å². The average Bonchev–Trinajstić information content (AvgIpc) is 2.35. The van der Waals surface area contributed by atoms with Gasteiger partial charge < -0.3 is 15.0 Å². The van der Waals surface area contributed by atoms with Crippen LogP contribution >= 0.6 is 0 Å². The fourth-order valence-electron chi connectivity index (χ4n) is 1.29. The third kappa shape index (κ3) is 4.78. The standard InChI is InChI=1S/C12H15F3N2O2/c1-17(7-8-19-2)11(18)16-10-5-3-9(4-6-10)12(13,14)15/h3-6H,7-8H2,1-2H3,(H,16,18). The minimum absolute atomic E-state index is 0.308. The number of rotatable bonds is 4. The van der Waals surface area contributed by atoms with Crippen LogP contribution in [0.15, 0.2) is 24.3 Å². The summed E-state index contributed by atoms with van der Waals surface area (Å²) in [5.41, 5.74) is -0.444. The van der Waals surface area contributed by atoms with Gasteiger partial charge in [-0.05, 0) is 24.3 Å². The number of alkyl halides is 3. The van der Waals surface area contributed by atoms with E-state index in [9.17, 15) is 18.0 Å². The Morgan fingerprint density at radius 1 is 1.32 bits per heavy atom. The Hall–Kier alpha value is -1.76. The van der Waals surface area contributed by atoms with E-state index in [-0.39, 0.29) is 0 Å². The highest BCUT2D eigenvalue weighted by Crippen LogP contribution is 2.29. The van der Waals surface area contributed by atoms with Gasteiger partial charge >= 0.3 is 12.2 Å². The zero-order chi connectivity index (χ0) is 14.5. The third-order valence-electron chi connectivity index (χ3n) is 2.44. The quantitative estimate of drug-likeness (QED) is 0.918. The molecule has 0 saturated carbocycles. The van der Waals surface area contributed by atoms with Crippen molar-refractivity contribution in [2.24, 2.45) is 0 Å². The zero-order valence-corrected chi connectivity index (χ0v) is 10.6. The first kappa shape index (κ1) is 15.3. The molecule has 0 fully saturated rings. The van der Waals surface area contributed by atoms with E-state index in [1.165, 1.54) is 24.1 Å². The van der Waals surface area contributed by atoms with Gasteiger partial charge in [-0.1, -0.05) is 0 Å². The Balaban J connectivity index is 2.60. The molecule has 0 aliphatic rings. The van der Waals surface area contributed by atoms with Crippen molar-refractivity contribution in [2.75, 3.05) is 32.6 Å². The molecule has 0 radical (unpaired) electrons. The second-order valence-electron chi connectivity index (χ2n) is 3.92. The predicted molar refractivity (Wildman–Crippen MR) is 65.0 cm³/mol. The first-order valence-corrected chi connectivity index (χ1v) is 5.53. The van der Waals surface area contributed by atoms with Gasteiger partial charge in [-0.25, -0.2) is 4.79 Å². The molecular weight excluding hydrogens is 261 g/mol. The summed E-state index contributed by atoms with van der Waals surface area (Å²) < 4.78 is 41.8. The van der Waals surface area contributed by atoms with Gasteiger partial charge in [0, 0.05) is 26.4 Å². The van der Waals surface area contributed by atoms with E-state index in [1.807, 2.05) is 0 Å². The van der Waals surface area contributed by atoms with E-state index in [2.05, 4.69) is 5.32 Å². The van der Waals surface area contributed by atoms with Crippen molar-refractivity contribution in [3.05, 3.63) is 29.8 Å². The van der Waals surface area contributed by atoms with Crippen LogP contribution < -0.4 is 5.32 Å². The number of nitrogens with zero attached hydrogens (tertiary/aromatic N) is 1. The van der Waals surface area contributed by atoms with Crippen molar-refractivity contribution in [3.63, 3.8) is 0 Å². The molecule has 0 spiro atoms. The summed E-state index contributed by atoms with van der Waals surface area (Å²) in [6, 6.07) is 3.86. The fraction of sp³-hybridized carbons (Fsp3) is 0.417. The van der Waals surface area contributed by atoms with Crippen LogP contribution in [0.4, 0.5) is 23.7 Å². The number of nitrogens with one attached hydrogen (secondary N) is 1. The molecule has 106 valence electrons. The first-order valence-electron chi connectivity index (χ1n) is 5.53. The van der Waals surface area contributed by atoms with Crippen molar-refractivity contribution >= 4 is 11.7 Å². The normalized spacial score (nSPS) is 11.2. The number of hydrogen-bond donors (Lipinski definition) is 1. The van der Waals surface area contributed by atoms with Crippen LogP contribution in [-0.4, -0.2) is 38.2 Å². The molecule has 0 unspecified atom stereocenters. The maximum Gasteiger partial charge on any atom is 0.416 e. The van der Waals surface area contributed by atoms with E-state index in [0.717, 1.165) is 12.1 Å². The Morgan fingerprint density at radius 3 is 2.37 bits per heavy atom. The summed E-state index contributed by atoms with van der Waals surface area (Å²) in [6.45, 7) is 0.778. The Morgan fingerprint density at radius 2 is 1.89 bits per heavy atom. The highest BCUT2D eigenvalue weighted by Gasteiger charge is 2.29. The number of ether oxygens (including phenoxy) is 1. The van der Waals surface area contributed by atoms with Crippen molar-refractivity contribution in [1.82, 2.24) is 4.90 Å². The smallest absolute Gasteiger partial charge is 0.383 e. The van der Waals surface area contributed by atoms with Crippen LogP contribution in [-0.2, 0) is 10.9 Å². The number of hydrogen-bond acceptors (Lipinski definition) is 2. The van der Waals surface area contributed by atoms with E-state index < -0.39 is 17.8 Å². The van der Waals surface area contributed by atoms with Gasteiger partial charge in [-0.2, -0.15) is 13.2 Å². The number of carbonyl (C=O) groups excluding carboxylic acids is 1. The second kappa shape index (κ2) is 6.42. The number of halogens is 3. The van der Waals surface area contributed by atoms with E-state index in [0.29, 0.717) is 18.8 Å².